The summed E-state index contributed by atoms with van der Waals surface area (Å²) in [5.41, 5.74) is 1.41. The summed E-state index contributed by atoms with van der Waals surface area (Å²) in [6.07, 6.45) is 9.81. The van der Waals surface area contributed by atoms with Crippen LogP contribution >= 0.6 is 0 Å². The van der Waals surface area contributed by atoms with Gasteiger partial charge in [-0.15, -0.1) is 0 Å². The first-order valence-corrected chi connectivity index (χ1v) is 11.6. The third-order valence-corrected chi connectivity index (χ3v) is 6.35. The highest BCUT2D eigenvalue weighted by atomic mass is 16.5. The Morgan fingerprint density at radius 3 is 2.78 bits per heavy atom. The Hall–Kier alpha value is -4.85. The van der Waals surface area contributed by atoms with Crippen molar-refractivity contribution in [2.75, 3.05) is 13.7 Å². The van der Waals surface area contributed by atoms with Crippen molar-refractivity contribution in [3.05, 3.63) is 76.0 Å². The summed E-state index contributed by atoms with van der Waals surface area (Å²) < 4.78 is 6.64. The van der Waals surface area contributed by atoms with Crippen LogP contribution in [0.25, 0.3) is 5.70 Å². The molecule has 1 fully saturated rings. The Bertz CT molecular complexity index is 1480. The number of imide groups is 1. The lowest BCUT2D eigenvalue weighted by molar-refractivity contribution is -0.122. The van der Waals surface area contributed by atoms with Gasteiger partial charge in [-0.25, -0.2) is 14.7 Å². The maximum absolute atomic E-state index is 13.1. The van der Waals surface area contributed by atoms with Gasteiger partial charge in [0.15, 0.2) is 0 Å². The number of carbonyl (C=O) groups excluding carboxylic acids is 3. The Morgan fingerprint density at radius 1 is 1.16 bits per heavy atom. The second-order valence-corrected chi connectivity index (χ2v) is 8.93. The number of amides is 4. The molecule has 0 bridgehead atoms. The van der Waals surface area contributed by atoms with E-state index < -0.39 is 17.5 Å². The van der Waals surface area contributed by atoms with E-state index >= 15 is 0 Å². The molecule has 2 aromatic rings. The van der Waals surface area contributed by atoms with E-state index in [0.717, 1.165) is 11.1 Å². The smallest absolute Gasteiger partial charge is 0.347 e. The van der Waals surface area contributed by atoms with Gasteiger partial charge in [-0.3, -0.25) is 19.5 Å². The van der Waals surface area contributed by atoms with Gasteiger partial charge in [0.05, 0.1) is 20.1 Å². The van der Waals surface area contributed by atoms with Crippen molar-refractivity contribution < 1.29 is 19.1 Å². The molecule has 0 spiro atoms. The van der Waals surface area contributed by atoms with E-state index in [1.165, 1.54) is 18.0 Å². The molecule has 5 rings (SSSR count). The molecule has 11 heteroatoms. The monoisotopic (exact) mass is 500 g/mol. The highest BCUT2D eigenvalue weighted by Gasteiger charge is 2.42. The molecule has 3 heterocycles. The number of nitrogens with one attached hydrogen (secondary N) is 3. The molecule has 3 aliphatic rings. The van der Waals surface area contributed by atoms with Gasteiger partial charge in [0.2, 0.25) is 5.91 Å². The molecule has 4 amide bonds. The van der Waals surface area contributed by atoms with Crippen LogP contribution < -0.4 is 21.1 Å². The number of H-pyrrole nitrogens is 1. The number of carbonyl (C=O) groups is 3. The van der Waals surface area contributed by atoms with Crippen molar-refractivity contribution in [1.29, 1.82) is 0 Å². The molecule has 0 radical (unpaired) electrons. The molecule has 0 saturated carbocycles. The number of aromatic amines is 1. The Labute approximate surface area is 211 Å². The van der Waals surface area contributed by atoms with Crippen LogP contribution in [0.4, 0.5) is 4.79 Å². The maximum atomic E-state index is 13.1. The van der Waals surface area contributed by atoms with Crippen molar-refractivity contribution >= 4 is 23.5 Å². The van der Waals surface area contributed by atoms with Crippen LogP contribution in [0.3, 0.4) is 0 Å². The first kappa shape index (κ1) is 23.9. The summed E-state index contributed by atoms with van der Waals surface area (Å²) in [4.78, 5) is 51.1. The van der Waals surface area contributed by atoms with E-state index in [-0.39, 0.29) is 24.6 Å². The minimum atomic E-state index is -1.23. The van der Waals surface area contributed by atoms with E-state index in [2.05, 4.69) is 32.7 Å². The number of nitrogens with zero attached hydrogens (tertiary/aromatic N) is 3. The van der Waals surface area contributed by atoms with E-state index in [9.17, 15) is 19.2 Å². The molecule has 0 unspecified atom stereocenters. The normalized spacial score (nSPS) is 20.7. The number of hydrogen-bond acceptors (Lipinski definition) is 6. The minimum absolute atomic E-state index is 0.0545. The molecule has 1 aromatic heterocycles. The third-order valence-electron chi connectivity index (χ3n) is 6.35. The van der Waals surface area contributed by atoms with Crippen LogP contribution in [0.15, 0.2) is 59.2 Å². The van der Waals surface area contributed by atoms with Gasteiger partial charge in [0.1, 0.15) is 17.6 Å². The molecule has 1 aliphatic carbocycles. The van der Waals surface area contributed by atoms with Gasteiger partial charge in [0.25, 0.3) is 5.91 Å². The predicted molar refractivity (Wildman–Crippen MR) is 133 cm³/mol. The topological polar surface area (TPSA) is 138 Å². The Morgan fingerprint density at radius 2 is 2.03 bits per heavy atom. The summed E-state index contributed by atoms with van der Waals surface area (Å²) in [7, 11) is 1.53. The number of rotatable bonds is 5. The zero-order chi connectivity index (χ0) is 26.0. The van der Waals surface area contributed by atoms with Crippen LogP contribution in [-0.2, 0) is 11.3 Å². The number of fused-ring (bicyclic) bond motifs is 1. The van der Waals surface area contributed by atoms with Gasteiger partial charge < -0.3 is 15.0 Å². The quantitative estimate of drug-likeness (QED) is 0.530. The first-order valence-electron chi connectivity index (χ1n) is 11.6. The van der Waals surface area contributed by atoms with E-state index in [4.69, 9.17) is 4.74 Å². The van der Waals surface area contributed by atoms with Crippen molar-refractivity contribution in [3.63, 3.8) is 0 Å². The zero-order valence-corrected chi connectivity index (χ0v) is 20.0. The van der Waals surface area contributed by atoms with Crippen LogP contribution in [0.2, 0.25) is 0 Å². The van der Waals surface area contributed by atoms with Gasteiger partial charge in [-0.2, -0.15) is 5.10 Å². The van der Waals surface area contributed by atoms with Crippen LogP contribution in [0.5, 0.6) is 5.75 Å². The molecule has 1 aromatic carbocycles. The van der Waals surface area contributed by atoms with Crippen molar-refractivity contribution in [1.82, 2.24) is 30.3 Å². The largest absolute Gasteiger partial charge is 0.497 e. The number of ether oxygens (including phenoxy) is 1. The predicted octanol–water partition coefficient (Wildman–Crippen LogP) is 1.32. The van der Waals surface area contributed by atoms with Gasteiger partial charge >= 0.3 is 11.7 Å². The van der Waals surface area contributed by atoms with Crippen LogP contribution in [-0.4, -0.2) is 56.7 Å². The fourth-order valence-corrected chi connectivity index (χ4v) is 4.59. The zero-order valence-electron chi connectivity index (χ0n) is 20.0. The maximum Gasteiger partial charge on any atom is 0.347 e. The fraction of sp³-hybridized carbons (Fsp3) is 0.269. The standard InChI is InChI=1S/C26H24N6O5/c1-37-20-10-8-18-14-31(23(34)21(18)12-20)15-26(13-22(33)28-24(35)29-26)11-3-5-17-4-2-6-19(9-7-17)32-16-27-30-25(32)36/h4,6-10,12,16H,2,5,13-15H2,1H3,(H,30,36)(H2,28,29,33,35)/t26-/m0/s1. The van der Waals surface area contributed by atoms with Crippen molar-refractivity contribution in [2.45, 2.75) is 31.3 Å². The number of hydrogen-bond donors (Lipinski definition) is 3. The van der Waals surface area contributed by atoms with Crippen molar-refractivity contribution in [3.8, 4) is 17.6 Å². The fourth-order valence-electron chi connectivity index (χ4n) is 4.59. The summed E-state index contributed by atoms with van der Waals surface area (Å²) in [6, 6.07) is 4.66. The van der Waals surface area contributed by atoms with Gasteiger partial charge in [-0.1, -0.05) is 36.1 Å². The molecule has 188 valence electrons. The highest BCUT2D eigenvalue weighted by molar-refractivity contribution is 6.00. The summed E-state index contributed by atoms with van der Waals surface area (Å²) in [5.74, 6) is 6.08. The van der Waals surface area contributed by atoms with Crippen molar-refractivity contribution in [2.24, 2.45) is 0 Å². The summed E-state index contributed by atoms with van der Waals surface area (Å²) in [5, 5.41) is 11.1. The molecule has 11 nitrogen and oxygen atoms in total. The second kappa shape index (κ2) is 9.66. The Kier molecular flexibility index (Phi) is 6.23. The number of methoxy groups -OCH3 is 1. The lowest BCUT2D eigenvalue weighted by atomic mass is 9.92. The minimum Gasteiger partial charge on any atom is -0.497 e. The second-order valence-electron chi connectivity index (χ2n) is 8.93. The molecule has 37 heavy (non-hydrogen) atoms. The lowest BCUT2D eigenvalue weighted by Crippen LogP contribution is -2.64. The number of aromatic nitrogens is 3. The molecule has 3 N–H and O–H groups in total. The summed E-state index contributed by atoms with van der Waals surface area (Å²) in [6.45, 7) is 0.397. The number of allylic oxidation sites excluding steroid dienone is 6. The van der Waals surface area contributed by atoms with Gasteiger partial charge in [-0.05, 0) is 35.8 Å². The average molecular weight is 501 g/mol. The van der Waals surface area contributed by atoms with Crippen LogP contribution in [0.1, 0.15) is 35.2 Å². The first-order chi connectivity index (χ1) is 17.9. The Balaban J connectivity index is 1.34. The lowest BCUT2D eigenvalue weighted by Gasteiger charge is -2.36. The number of urea groups is 1. The molecule has 1 saturated heterocycles. The third kappa shape index (κ3) is 4.95. The average Bonchev–Trinajstić information content (AvgIpc) is 3.32. The SMILES string of the molecule is COc1ccc2c(c1)C(=O)N(C[C@]1(C#CCC3=CCC=C(n4cn[nH]c4=O)C=C3)CC(=O)NC(=O)N1)C2. The number of benzene rings is 1. The molecular formula is C26H24N6O5. The molecular weight excluding hydrogens is 476 g/mol. The highest BCUT2D eigenvalue weighted by Crippen LogP contribution is 2.29. The van der Waals surface area contributed by atoms with Gasteiger partial charge in [0, 0.05) is 24.2 Å². The summed E-state index contributed by atoms with van der Waals surface area (Å²) >= 11 is 0. The van der Waals surface area contributed by atoms with E-state index in [1.807, 2.05) is 24.3 Å². The molecule has 1 atom stereocenters. The molecule has 2 aliphatic heterocycles. The van der Waals surface area contributed by atoms with Crippen LogP contribution in [0, 0.1) is 11.8 Å². The van der Waals surface area contributed by atoms with E-state index in [0.29, 0.717) is 36.4 Å². The van der Waals surface area contributed by atoms with E-state index in [1.54, 1.807) is 23.1 Å².